The van der Waals surface area contributed by atoms with Crippen molar-refractivity contribution < 1.29 is 5.11 Å². The molecule has 0 unspecified atom stereocenters. The molecule has 1 aliphatic carbocycles. The standard InChI is InChI=1S/C22H25N3O2/c1-2-17-20(24-10-8-22(9-11-24)6-3-7-22)18-12-15(25-13-16(26)14-25)4-5-19(18)23-21(17)27/h1,4-5,12,16,26H,3,6-11,13-14H2,(H,23,27). The topological polar surface area (TPSA) is 59.6 Å². The highest BCUT2D eigenvalue weighted by atomic mass is 16.3. The Balaban J connectivity index is 1.58. The maximum atomic E-state index is 12.6. The van der Waals surface area contributed by atoms with Crippen molar-refractivity contribution in [2.75, 3.05) is 36.0 Å². The van der Waals surface area contributed by atoms with E-state index in [9.17, 15) is 9.90 Å². The maximum Gasteiger partial charge on any atom is 0.266 e. The van der Waals surface area contributed by atoms with E-state index in [0.29, 0.717) is 24.1 Å². The smallest absolute Gasteiger partial charge is 0.266 e. The Morgan fingerprint density at radius 3 is 2.48 bits per heavy atom. The first-order valence-electron chi connectivity index (χ1n) is 9.93. The fourth-order valence-electron chi connectivity index (χ4n) is 4.97. The highest BCUT2D eigenvalue weighted by Gasteiger charge is 2.40. The lowest BCUT2D eigenvalue weighted by Crippen LogP contribution is -2.50. The van der Waals surface area contributed by atoms with Crippen LogP contribution in [0, 0.1) is 17.8 Å². The number of β-amino-alcohol motifs (C(OH)–C–C–N with tert-alkyl or cyclic N) is 1. The van der Waals surface area contributed by atoms with E-state index >= 15 is 0 Å². The summed E-state index contributed by atoms with van der Waals surface area (Å²) in [6.45, 7) is 3.22. The molecule has 1 aromatic carbocycles. The summed E-state index contributed by atoms with van der Waals surface area (Å²) in [7, 11) is 0. The van der Waals surface area contributed by atoms with E-state index in [4.69, 9.17) is 6.42 Å². The third-order valence-corrected chi connectivity index (χ3v) is 6.90. The van der Waals surface area contributed by atoms with E-state index in [2.05, 4.69) is 26.8 Å². The number of nitrogens with one attached hydrogen (secondary N) is 1. The van der Waals surface area contributed by atoms with Gasteiger partial charge in [-0.05, 0) is 49.3 Å². The summed E-state index contributed by atoms with van der Waals surface area (Å²) in [5.74, 6) is 2.65. The minimum atomic E-state index is -0.252. The fourth-order valence-corrected chi connectivity index (χ4v) is 4.97. The maximum absolute atomic E-state index is 12.6. The summed E-state index contributed by atoms with van der Waals surface area (Å²) in [5.41, 5.74) is 3.60. The molecule has 1 spiro atoms. The van der Waals surface area contributed by atoms with Crippen LogP contribution in [-0.2, 0) is 0 Å². The van der Waals surface area contributed by atoms with Gasteiger partial charge in [0.05, 0.1) is 17.3 Å². The number of piperidine rings is 1. The quantitative estimate of drug-likeness (QED) is 0.805. The van der Waals surface area contributed by atoms with Crippen LogP contribution in [0.1, 0.15) is 37.7 Å². The highest BCUT2D eigenvalue weighted by Crippen LogP contribution is 2.49. The summed E-state index contributed by atoms with van der Waals surface area (Å²) < 4.78 is 0. The molecule has 1 aromatic heterocycles. The molecule has 0 bridgehead atoms. The average Bonchev–Trinajstić information content (AvgIpc) is 2.63. The van der Waals surface area contributed by atoms with Crippen molar-refractivity contribution in [1.29, 1.82) is 0 Å². The van der Waals surface area contributed by atoms with Gasteiger partial charge in [-0.3, -0.25) is 4.79 Å². The number of aromatic amines is 1. The molecule has 1 saturated carbocycles. The Bertz CT molecular complexity index is 983. The number of H-pyrrole nitrogens is 1. The number of hydrogen-bond acceptors (Lipinski definition) is 4. The first kappa shape index (κ1) is 16.7. The van der Waals surface area contributed by atoms with Gasteiger partial charge >= 0.3 is 0 Å². The number of rotatable bonds is 2. The van der Waals surface area contributed by atoms with Crippen molar-refractivity contribution in [3.05, 3.63) is 34.1 Å². The summed E-state index contributed by atoms with van der Waals surface area (Å²) in [4.78, 5) is 20.0. The van der Waals surface area contributed by atoms with Crippen LogP contribution in [0.5, 0.6) is 0 Å². The molecule has 140 valence electrons. The molecule has 5 heteroatoms. The minimum Gasteiger partial charge on any atom is -0.389 e. The Morgan fingerprint density at radius 2 is 1.89 bits per heavy atom. The second-order valence-electron chi connectivity index (χ2n) is 8.45. The van der Waals surface area contributed by atoms with Crippen molar-refractivity contribution in [2.45, 2.75) is 38.2 Å². The Labute approximate surface area is 159 Å². The van der Waals surface area contributed by atoms with Crippen LogP contribution < -0.4 is 15.4 Å². The highest BCUT2D eigenvalue weighted by molar-refractivity contribution is 5.96. The van der Waals surface area contributed by atoms with Gasteiger partial charge in [-0.1, -0.05) is 12.3 Å². The van der Waals surface area contributed by atoms with Gasteiger partial charge in [-0.25, -0.2) is 0 Å². The van der Waals surface area contributed by atoms with Gasteiger partial charge in [0.15, 0.2) is 0 Å². The third-order valence-electron chi connectivity index (χ3n) is 6.90. The summed E-state index contributed by atoms with van der Waals surface area (Å²) >= 11 is 0. The number of fused-ring (bicyclic) bond motifs is 1. The molecule has 2 N–H and O–H groups in total. The molecule has 2 aliphatic heterocycles. The number of benzene rings is 1. The molecule has 3 fully saturated rings. The number of nitrogens with zero attached hydrogens (tertiary/aromatic N) is 2. The SMILES string of the molecule is C#Cc1c(N2CCC3(CCC3)CC2)c2cc(N3CC(O)C3)ccc2[nH]c1=O. The van der Waals surface area contributed by atoms with Crippen molar-refractivity contribution in [3.8, 4) is 12.3 Å². The lowest BCUT2D eigenvalue weighted by atomic mass is 9.63. The number of hydrogen-bond donors (Lipinski definition) is 2. The molecular weight excluding hydrogens is 338 g/mol. The molecule has 5 rings (SSSR count). The van der Waals surface area contributed by atoms with E-state index in [-0.39, 0.29) is 11.7 Å². The van der Waals surface area contributed by atoms with Gasteiger partial charge in [0.25, 0.3) is 5.56 Å². The minimum absolute atomic E-state index is 0.184. The molecule has 2 saturated heterocycles. The zero-order valence-electron chi connectivity index (χ0n) is 15.5. The largest absolute Gasteiger partial charge is 0.389 e. The molecular formula is C22H25N3O2. The fraction of sp³-hybridized carbons (Fsp3) is 0.500. The molecule has 2 aromatic rings. The zero-order valence-corrected chi connectivity index (χ0v) is 15.5. The van der Waals surface area contributed by atoms with E-state index in [0.717, 1.165) is 35.4 Å². The van der Waals surface area contributed by atoms with E-state index < -0.39 is 0 Å². The van der Waals surface area contributed by atoms with Gasteiger partial charge < -0.3 is 19.9 Å². The Morgan fingerprint density at radius 1 is 1.15 bits per heavy atom. The summed E-state index contributed by atoms with van der Waals surface area (Å²) in [5, 5.41) is 10.6. The molecule has 5 nitrogen and oxygen atoms in total. The van der Waals surface area contributed by atoms with Gasteiger partial charge in [0.1, 0.15) is 5.56 Å². The van der Waals surface area contributed by atoms with E-state index in [1.54, 1.807) is 0 Å². The molecule has 3 aliphatic rings. The monoisotopic (exact) mass is 363 g/mol. The van der Waals surface area contributed by atoms with Crippen LogP contribution in [-0.4, -0.2) is 42.4 Å². The Kier molecular flexibility index (Phi) is 3.73. The van der Waals surface area contributed by atoms with Gasteiger partial charge in [-0.2, -0.15) is 0 Å². The van der Waals surface area contributed by atoms with E-state index in [1.807, 2.05) is 12.1 Å². The van der Waals surface area contributed by atoms with Crippen molar-refractivity contribution in [1.82, 2.24) is 4.98 Å². The average molecular weight is 363 g/mol. The normalized spacial score (nSPS) is 21.8. The van der Waals surface area contributed by atoms with Crippen molar-refractivity contribution >= 4 is 22.3 Å². The predicted molar refractivity (Wildman–Crippen MR) is 108 cm³/mol. The van der Waals surface area contributed by atoms with Gasteiger partial charge in [-0.15, -0.1) is 6.42 Å². The predicted octanol–water partition coefficient (Wildman–Crippen LogP) is 2.46. The molecule has 0 amide bonds. The van der Waals surface area contributed by atoms with Gasteiger partial charge in [0, 0.05) is 37.3 Å². The van der Waals surface area contributed by atoms with Crippen LogP contribution in [0.3, 0.4) is 0 Å². The van der Waals surface area contributed by atoms with Crippen molar-refractivity contribution in [2.24, 2.45) is 5.41 Å². The summed E-state index contributed by atoms with van der Waals surface area (Å²) in [6, 6.07) is 6.07. The zero-order chi connectivity index (χ0) is 18.6. The molecule has 0 radical (unpaired) electrons. The lowest BCUT2D eigenvalue weighted by molar-refractivity contribution is 0.0956. The third kappa shape index (κ3) is 2.62. The van der Waals surface area contributed by atoms with Gasteiger partial charge in [0.2, 0.25) is 0 Å². The molecule has 3 heterocycles. The Hall–Kier alpha value is -2.45. The first-order chi connectivity index (χ1) is 13.1. The number of terminal acetylenes is 1. The van der Waals surface area contributed by atoms with Crippen LogP contribution in [0.25, 0.3) is 10.9 Å². The lowest BCUT2D eigenvalue weighted by Gasteiger charge is -2.48. The van der Waals surface area contributed by atoms with Crippen LogP contribution in [0.2, 0.25) is 0 Å². The first-order valence-corrected chi connectivity index (χ1v) is 9.93. The van der Waals surface area contributed by atoms with Crippen LogP contribution in [0.4, 0.5) is 11.4 Å². The molecule has 27 heavy (non-hydrogen) atoms. The second-order valence-corrected chi connectivity index (χ2v) is 8.45. The number of aliphatic hydroxyl groups is 1. The second kappa shape index (κ2) is 6.03. The van der Waals surface area contributed by atoms with Crippen LogP contribution in [0.15, 0.2) is 23.0 Å². The number of anilines is 2. The number of aliphatic hydroxyl groups excluding tert-OH is 1. The van der Waals surface area contributed by atoms with Crippen molar-refractivity contribution in [3.63, 3.8) is 0 Å². The number of pyridine rings is 1. The molecule has 0 atom stereocenters. The summed E-state index contributed by atoms with van der Waals surface area (Å²) in [6.07, 6.45) is 11.9. The van der Waals surface area contributed by atoms with E-state index in [1.165, 1.54) is 32.1 Å². The number of aromatic nitrogens is 1. The van der Waals surface area contributed by atoms with Crippen LogP contribution >= 0.6 is 0 Å².